The van der Waals surface area contributed by atoms with E-state index in [-0.39, 0.29) is 18.2 Å². The van der Waals surface area contributed by atoms with E-state index in [2.05, 4.69) is 5.32 Å². The van der Waals surface area contributed by atoms with Gasteiger partial charge in [0, 0.05) is 16.5 Å². The molecule has 3 nitrogen and oxygen atoms in total. The lowest BCUT2D eigenvalue weighted by molar-refractivity contribution is -0.102. The number of hydrogen-bond donors (Lipinski definition) is 2. The maximum atomic E-state index is 10.8. The van der Waals surface area contributed by atoms with Gasteiger partial charge in [0.1, 0.15) is 0 Å². The van der Waals surface area contributed by atoms with Crippen molar-refractivity contribution >= 4 is 52.5 Å². The van der Waals surface area contributed by atoms with Crippen molar-refractivity contribution in [2.24, 2.45) is 0 Å². The smallest absolute Gasteiger partial charge is 0.163 e. The summed E-state index contributed by atoms with van der Waals surface area (Å²) >= 11 is 18.0. The van der Waals surface area contributed by atoms with E-state index in [9.17, 15) is 4.79 Å². The fourth-order valence-corrected chi connectivity index (χ4v) is 2.60. The first-order valence-corrected chi connectivity index (χ1v) is 7.62. The zero-order valence-corrected chi connectivity index (χ0v) is 13.7. The molecular formula is C16H13Cl3N2O. The molecule has 2 rings (SSSR count). The van der Waals surface area contributed by atoms with Crippen LogP contribution in [0.2, 0.25) is 15.1 Å². The third-order valence-corrected chi connectivity index (χ3v) is 3.90. The maximum absolute atomic E-state index is 10.8. The minimum absolute atomic E-state index is 0.00228. The van der Waals surface area contributed by atoms with Gasteiger partial charge < -0.3 is 10.7 Å². The number of rotatable bonds is 6. The number of carbonyl (C=O) groups is 1. The summed E-state index contributed by atoms with van der Waals surface area (Å²) in [7, 11) is 0. The Hall–Kier alpha value is -1.55. The van der Waals surface area contributed by atoms with Gasteiger partial charge in [-0.2, -0.15) is 0 Å². The highest BCUT2D eigenvalue weighted by Crippen LogP contribution is 2.30. The second-order valence-corrected chi connectivity index (χ2v) is 6.00. The fourth-order valence-electron chi connectivity index (χ4n) is 2.01. The molecule has 0 aliphatic carbocycles. The zero-order chi connectivity index (χ0) is 16.1. The van der Waals surface area contributed by atoms with Crippen molar-refractivity contribution in [3.8, 4) is 0 Å². The Bertz CT molecular complexity index is 686. The third-order valence-electron chi connectivity index (χ3n) is 3.10. The summed E-state index contributed by atoms with van der Waals surface area (Å²) in [6, 6.07) is 12.1. The van der Waals surface area contributed by atoms with E-state index in [0.717, 1.165) is 5.56 Å². The first kappa shape index (κ1) is 16.8. The summed E-state index contributed by atoms with van der Waals surface area (Å²) in [5, 5.41) is 12.5. The number of hydrogen-bond acceptors (Lipinski definition) is 3. The highest BCUT2D eigenvalue weighted by atomic mass is 35.5. The molecule has 6 heteroatoms. The van der Waals surface area contributed by atoms with E-state index in [0.29, 0.717) is 27.0 Å². The van der Waals surface area contributed by atoms with Gasteiger partial charge in [0.25, 0.3) is 0 Å². The Balaban J connectivity index is 2.29. The molecule has 0 fully saturated rings. The zero-order valence-electron chi connectivity index (χ0n) is 11.4. The van der Waals surface area contributed by atoms with Crippen molar-refractivity contribution in [2.75, 3.05) is 5.32 Å². The fraction of sp³-hybridized carbons (Fsp3) is 0.125. The number of nitrogens with one attached hydrogen (secondary N) is 2. The van der Waals surface area contributed by atoms with Gasteiger partial charge in [0.05, 0.1) is 22.5 Å². The molecule has 0 saturated heterocycles. The van der Waals surface area contributed by atoms with Crippen LogP contribution in [0.15, 0.2) is 42.5 Å². The molecule has 0 spiro atoms. The molecule has 114 valence electrons. The lowest BCUT2D eigenvalue weighted by Crippen LogP contribution is -2.16. The monoisotopic (exact) mass is 354 g/mol. The molecule has 2 aromatic carbocycles. The molecule has 0 amide bonds. The average molecular weight is 356 g/mol. The van der Waals surface area contributed by atoms with Crippen molar-refractivity contribution in [1.82, 2.24) is 0 Å². The molecule has 0 bridgehead atoms. The minimum Gasteiger partial charge on any atom is -0.377 e. The third kappa shape index (κ3) is 4.47. The molecule has 0 aliphatic rings. The van der Waals surface area contributed by atoms with Crippen LogP contribution in [0.5, 0.6) is 0 Å². The Labute approximate surface area is 143 Å². The molecular weight excluding hydrogens is 343 g/mol. The van der Waals surface area contributed by atoms with E-state index < -0.39 is 0 Å². The van der Waals surface area contributed by atoms with Gasteiger partial charge in [-0.15, -0.1) is 0 Å². The molecule has 0 aromatic heterocycles. The Kier molecular flexibility index (Phi) is 5.83. The Morgan fingerprint density at radius 3 is 2.32 bits per heavy atom. The van der Waals surface area contributed by atoms with Crippen molar-refractivity contribution in [3.63, 3.8) is 0 Å². The highest BCUT2D eigenvalue weighted by molar-refractivity contribution is 6.36. The van der Waals surface area contributed by atoms with E-state index in [1.165, 1.54) is 0 Å². The van der Waals surface area contributed by atoms with Gasteiger partial charge >= 0.3 is 0 Å². The van der Waals surface area contributed by atoms with Gasteiger partial charge in [0.15, 0.2) is 6.29 Å². The summed E-state index contributed by atoms with van der Waals surface area (Å²) in [4.78, 5) is 10.8. The largest absolute Gasteiger partial charge is 0.377 e. The van der Waals surface area contributed by atoms with Crippen molar-refractivity contribution in [3.05, 3.63) is 63.1 Å². The number of aldehydes is 1. The molecule has 0 heterocycles. The summed E-state index contributed by atoms with van der Waals surface area (Å²) in [6.07, 6.45) is 0.776. The minimum atomic E-state index is -0.270. The van der Waals surface area contributed by atoms with Gasteiger partial charge in [-0.3, -0.25) is 4.79 Å². The molecule has 0 unspecified atom stereocenters. The van der Waals surface area contributed by atoms with E-state index in [4.69, 9.17) is 40.2 Å². The molecule has 2 N–H and O–H groups in total. The number of benzene rings is 2. The maximum Gasteiger partial charge on any atom is 0.163 e. The second kappa shape index (κ2) is 7.63. The molecule has 22 heavy (non-hydrogen) atoms. The van der Waals surface area contributed by atoms with Crippen LogP contribution in [0.4, 0.5) is 5.69 Å². The first-order chi connectivity index (χ1) is 10.5. The number of halogens is 3. The topological polar surface area (TPSA) is 53.0 Å². The van der Waals surface area contributed by atoms with Crippen LogP contribution >= 0.6 is 34.8 Å². The van der Waals surface area contributed by atoms with Crippen molar-refractivity contribution in [2.45, 2.75) is 12.5 Å². The first-order valence-electron chi connectivity index (χ1n) is 6.49. The van der Waals surface area contributed by atoms with Gasteiger partial charge in [-0.05, 0) is 35.9 Å². The lowest BCUT2D eigenvalue weighted by Gasteiger charge is -2.21. The molecule has 0 radical (unpaired) electrons. The Morgan fingerprint density at radius 1 is 1.09 bits per heavy atom. The molecule has 2 aromatic rings. The predicted octanol–water partition coefficient (Wildman–Crippen LogP) is 5.41. The summed E-state index contributed by atoms with van der Waals surface area (Å²) in [5.41, 5.74) is 1.59. The molecule has 0 aliphatic heterocycles. The standard InChI is InChI=1S/C16H13Cl3N2O/c17-11-3-1-10(2-4-11)16(8-13(20)9-22)21-15-6-5-12(18)7-14(15)19/h1-7,9,16,20-21H,8H2/t16-/m1/s1. The highest BCUT2D eigenvalue weighted by Gasteiger charge is 2.15. The van der Waals surface area contributed by atoms with Crippen LogP contribution in [0.25, 0.3) is 0 Å². The average Bonchev–Trinajstić information content (AvgIpc) is 2.49. The number of anilines is 1. The van der Waals surface area contributed by atoms with Crippen LogP contribution in [-0.4, -0.2) is 12.0 Å². The summed E-state index contributed by atoms with van der Waals surface area (Å²) in [5.74, 6) is 0. The lowest BCUT2D eigenvalue weighted by atomic mass is 10.0. The quantitative estimate of drug-likeness (QED) is 0.538. The van der Waals surface area contributed by atoms with Crippen LogP contribution in [-0.2, 0) is 4.79 Å². The van der Waals surface area contributed by atoms with Gasteiger partial charge in [-0.25, -0.2) is 0 Å². The van der Waals surface area contributed by atoms with Crippen LogP contribution in [0.1, 0.15) is 18.0 Å². The van der Waals surface area contributed by atoms with Gasteiger partial charge in [0.2, 0.25) is 0 Å². The van der Waals surface area contributed by atoms with E-state index >= 15 is 0 Å². The predicted molar refractivity (Wildman–Crippen MR) is 92.7 cm³/mol. The Morgan fingerprint density at radius 2 is 1.73 bits per heavy atom. The van der Waals surface area contributed by atoms with Crippen molar-refractivity contribution < 1.29 is 4.79 Å². The van der Waals surface area contributed by atoms with Crippen LogP contribution in [0.3, 0.4) is 0 Å². The number of carbonyl (C=O) groups excluding carboxylic acids is 1. The second-order valence-electron chi connectivity index (χ2n) is 4.72. The van der Waals surface area contributed by atoms with E-state index in [1.54, 1.807) is 30.3 Å². The molecule has 1 atom stereocenters. The SMILES string of the molecule is N=C(C=O)C[C@@H](Nc1ccc(Cl)cc1Cl)c1ccc(Cl)cc1. The summed E-state index contributed by atoms with van der Waals surface area (Å²) in [6.45, 7) is 0. The normalized spacial score (nSPS) is 11.8. The van der Waals surface area contributed by atoms with Gasteiger partial charge in [-0.1, -0.05) is 46.9 Å². The van der Waals surface area contributed by atoms with Crippen LogP contribution < -0.4 is 5.32 Å². The van der Waals surface area contributed by atoms with Crippen LogP contribution in [0, 0.1) is 5.41 Å². The summed E-state index contributed by atoms with van der Waals surface area (Å²) < 4.78 is 0. The van der Waals surface area contributed by atoms with Crippen molar-refractivity contribution in [1.29, 1.82) is 5.41 Å². The molecule has 0 saturated carbocycles. The van der Waals surface area contributed by atoms with E-state index in [1.807, 2.05) is 12.1 Å².